The minimum atomic E-state index is -3.72. The van der Waals surface area contributed by atoms with Crippen LogP contribution >= 0.6 is 0 Å². The van der Waals surface area contributed by atoms with Crippen LogP contribution < -0.4 is 9.62 Å². The van der Waals surface area contributed by atoms with Crippen molar-refractivity contribution in [2.75, 3.05) is 17.1 Å². The molecular formula is C24H33N3O4S. The van der Waals surface area contributed by atoms with Crippen molar-refractivity contribution in [3.05, 3.63) is 65.7 Å². The van der Waals surface area contributed by atoms with Crippen molar-refractivity contribution < 1.29 is 18.0 Å². The highest BCUT2D eigenvalue weighted by Gasteiger charge is 2.30. The van der Waals surface area contributed by atoms with Gasteiger partial charge in [0.05, 0.1) is 11.9 Å². The highest BCUT2D eigenvalue weighted by atomic mass is 32.2. The summed E-state index contributed by atoms with van der Waals surface area (Å²) in [5.41, 5.74) is 2.24. The van der Waals surface area contributed by atoms with E-state index in [-0.39, 0.29) is 18.5 Å². The van der Waals surface area contributed by atoms with Crippen LogP contribution in [0.3, 0.4) is 0 Å². The molecule has 2 amide bonds. The smallest absolute Gasteiger partial charge is 0.244 e. The predicted octanol–water partition coefficient (Wildman–Crippen LogP) is 3.09. The molecule has 0 bridgehead atoms. The summed E-state index contributed by atoms with van der Waals surface area (Å²) < 4.78 is 26.1. The van der Waals surface area contributed by atoms with E-state index in [1.807, 2.05) is 51.1 Å². The van der Waals surface area contributed by atoms with E-state index in [0.29, 0.717) is 5.69 Å². The van der Waals surface area contributed by atoms with Gasteiger partial charge in [-0.05, 0) is 44.9 Å². The maximum absolute atomic E-state index is 13.4. The number of hydrogen-bond donors (Lipinski definition) is 1. The topological polar surface area (TPSA) is 86.8 Å². The summed E-state index contributed by atoms with van der Waals surface area (Å²) >= 11 is 0. The highest BCUT2D eigenvalue weighted by molar-refractivity contribution is 7.92. The fourth-order valence-corrected chi connectivity index (χ4v) is 4.00. The van der Waals surface area contributed by atoms with Crippen LogP contribution in [0.1, 0.15) is 38.3 Å². The molecule has 0 aliphatic heterocycles. The summed E-state index contributed by atoms with van der Waals surface area (Å²) in [6.45, 7) is 7.23. The minimum absolute atomic E-state index is 0.0290. The molecule has 1 N–H and O–H groups in total. The molecular weight excluding hydrogens is 426 g/mol. The minimum Gasteiger partial charge on any atom is -0.352 e. The van der Waals surface area contributed by atoms with E-state index in [9.17, 15) is 18.0 Å². The van der Waals surface area contributed by atoms with Crippen LogP contribution in [0.4, 0.5) is 5.69 Å². The first kappa shape index (κ1) is 25.4. The quantitative estimate of drug-likeness (QED) is 0.592. The average Bonchev–Trinajstić information content (AvgIpc) is 2.75. The first-order valence-electron chi connectivity index (χ1n) is 10.7. The lowest BCUT2D eigenvalue weighted by molar-refractivity contribution is -0.139. The van der Waals surface area contributed by atoms with Crippen LogP contribution in [-0.2, 0) is 26.2 Å². The van der Waals surface area contributed by atoms with Crippen molar-refractivity contribution in [2.45, 2.75) is 52.7 Å². The molecule has 0 fully saturated rings. The molecule has 32 heavy (non-hydrogen) atoms. The number of amides is 2. The Balaban J connectivity index is 2.34. The molecule has 2 aromatic rings. The van der Waals surface area contributed by atoms with Gasteiger partial charge in [0.15, 0.2) is 0 Å². The number of benzene rings is 2. The van der Waals surface area contributed by atoms with Crippen LogP contribution in [0.2, 0.25) is 0 Å². The lowest BCUT2D eigenvalue weighted by Crippen LogP contribution is -2.52. The number of nitrogens with one attached hydrogen (secondary N) is 1. The molecule has 2 unspecified atom stereocenters. The molecule has 174 valence electrons. The first-order chi connectivity index (χ1) is 15.0. The lowest BCUT2D eigenvalue weighted by atomic mass is 10.1. The van der Waals surface area contributed by atoms with E-state index in [4.69, 9.17) is 0 Å². The van der Waals surface area contributed by atoms with Crippen molar-refractivity contribution in [3.63, 3.8) is 0 Å². The van der Waals surface area contributed by atoms with Crippen molar-refractivity contribution in [2.24, 2.45) is 0 Å². The standard InChI is InChI=1S/C24H33N3O4S/c1-6-19(3)25-24(29)20(4)26(16-21-10-8-7-9-11-21)23(28)17-27(32(5,30)31)22-14-12-18(2)13-15-22/h7-15,19-20H,6,16-17H2,1-5H3,(H,25,29). The molecule has 2 atom stereocenters. The molecule has 0 saturated carbocycles. The zero-order chi connectivity index (χ0) is 23.9. The molecule has 0 aliphatic rings. The number of sulfonamides is 1. The van der Waals surface area contributed by atoms with E-state index in [1.54, 1.807) is 31.2 Å². The summed E-state index contributed by atoms with van der Waals surface area (Å²) in [7, 11) is -3.72. The second-order valence-electron chi connectivity index (χ2n) is 8.11. The third-order valence-electron chi connectivity index (χ3n) is 5.37. The normalized spacial score (nSPS) is 13.2. The van der Waals surface area contributed by atoms with Gasteiger partial charge in [0, 0.05) is 12.6 Å². The molecule has 7 nitrogen and oxygen atoms in total. The van der Waals surface area contributed by atoms with E-state index >= 15 is 0 Å². The van der Waals surface area contributed by atoms with Gasteiger partial charge in [0.2, 0.25) is 21.8 Å². The third kappa shape index (κ3) is 7.09. The number of carbonyl (C=O) groups is 2. The fraction of sp³-hybridized carbons (Fsp3) is 0.417. The van der Waals surface area contributed by atoms with Crippen LogP contribution in [0.25, 0.3) is 0 Å². The van der Waals surface area contributed by atoms with Gasteiger partial charge in [-0.15, -0.1) is 0 Å². The number of hydrogen-bond acceptors (Lipinski definition) is 4. The molecule has 2 aromatic carbocycles. The molecule has 0 aliphatic carbocycles. The third-order valence-corrected chi connectivity index (χ3v) is 6.51. The van der Waals surface area contributed by atoms with Crippen molar-refractivity contribution in [1.29, 1.82) is 0 Å². The molecule has 0 spiro atoms. The van der Waals surface area contributed by atoms with Crippen molar-refractivity contribution in [3.8, 4) is 0 Å². The van der Waals surface area contributed by atoms with E-state index in [2.05, 4.69) is 5.32 Å². The predicted molar refractivity (Wildman–Crippen MR) is 128 cm³/mol. The zero-order valence-corrected chi connectivity index (χ0v) is 20.2. The van der Waals surface area contributed by atoms with Gasteiger partial charge in [-0.2, -0.15) is 0 Å². The Morgan fingerprint density at radius 3 is 2.12 bits per heavy atom. The Bertz CT molecular complexity index is 1010. The largest absolute Gasteiger partial charge is 0.352 e. The second kappa shape index (κ2) is 11.1. The summed E-state index contributed by atoms with van der Waals surface area (Å²) in [6.07, 6.45) is 1.83. The molecule has 0 radical (unpaired) electrons. The molecule has 0 aromatic heterocycles. The van der Waals surface area contributed by atoms with Gasteiger partial charge in [0.1, 0.15) is 12.6 Å². The number of carbonyl (C=O) groups excluding carboxylic acids is 2. The van der Waals surface area contributed by atoms with Crippen molar-refractivity contribution >= 4 is 27.5 Å². The SMILES string of the molecule is CCC(C)NC(=O)C(C)N(Cc1ccccc1)C(=O)CN(c1ccc(C)cc1)S(C)(=O)=O. The Morgan fingerprint density at radius 1 is 1.00 bits per heavy atom. The summed E-state index contributed by atoms with van der Waals surface area (Å²) in [5, 5.41) is 2.91. The average molecular weight is 460 g/mol. The van der Waals surface area contributed by atoms with Gasteiger partial charge < -0.3 is 10.2 Å². The number of aryl methyl sites for hydroxylation is 1. The van der Waals surface area contributed by atoms with Gasteiger partial charge in [-0.1, -0.05) is 55.0 Å². The molecule has 8 heteroatoms. The first-order valence-corrected chi connectivity index (χ1v) is 12.6. The zero-order valence-electron chi connectivity index (χ0n) is 19.4. The Labute approximate surface area is 191 Å². The van der Waals surface area contributed by atoms with E-state index < -0.39 is 28.5 Å². The molecule has 0 heterocycles. The Hall–Kier alpha value is -2.87. The maximum atomic E-state index is 13.4. The van der Waals surface area contributed by atoms with Crippen LogP contribution in [0, 0.1) is 6.92 Å². The van der Waals surface area contributed by atoms with Crippen LogP contribution in [0.15, 0.2) is 54.6 Å². The summed E-state index contributed by atoms with van der Waals surface area (Å²) in [5.74, 6) is -0.725. The fourth-order valence-electron chi connectivity index (χ4n) is 3.15. The summed E-state index contributed by atoms with van der Waals surface area (Å²) in [6, 6.07) is 15.5. The highest BCUT2D eigenvalue weighted by Crippen LogP contribution is 2.19. The van der Waals surface area contributed by atoms with Gasteiger partial charge in [-0.3, -0.25) is 13.9 Å². The van der Waals surface area contributed by atoms with Crippen molar-refractivity contribution in [1.82, 2.24) is 10.2 Å². The molecule has 0 saturated heterocycles. The summed E-state index contributed by atoms with van der Waals surface area (Å²) in [4.78, 5) is 27.6. The number of anilines is 1. The number of nitrogens with zero attached hydrogens (tertiary/aromatic N) is 2. The second-order valence-corrected chi connectivity index (χ2v) is 10.0. The van der Waals surface area contributed by atoms with E-state index in [1.165, 1.54) is 4.90 Å². The molecule has 2 rings (SSSR count). The monoisotopic (exact) mass is 459 g/mol. The maximum Gasteiger partial charge on any atom is 0.244 e. The van der Waals surface area contributed by atoms with Gasteiger partial charge in [0.25, 0.3) is 0 Å². The Kier molecular flexibility index (Phi) is 8.83. The lowest BCUT2D eigenvalue weighted by Gasteiger charge is -2.32. The van der Waals surface area contributed by atoms with Gasteiger partial charge in [-0.25, -0.2) is 8.42 Å². The van der Waals surface area contributed by atoms with Gasteiger partial charge >= 0.3 is 0 Å². The Morgan fingerprint density at radius 2 is 1.59 bits per heavy atom. The van der Waals surface area contributed by atoms with Crippen LogP contribution in [0.5, 0.6) is 0 Å². The number of rotatable bonds is 10. The van der Waals surface area contributed by atoms with Crippen LogP contribution in [-0.4, -0.2) is 50.0 Å². The van der Waals surface area contributed by atoms with E-state index in [0.717, 1.165) is 28.1 Å².